The van der Waals surface area contributed by atoms with Gasteiger partial charge in [-0.15, -0.1) is 0 Å². The van der Waals surface area contributed by atoms with Gasteiger partial charge >= 0.3 is 0 Å². The van der Waals surface area contributed by atoms with Crippen molar-refractivity contribution in [2.24, 2.45) is 5.14 Å². The van der Waals surface area contributed by atoms with E-state index in [0.717, 1.165) is 11.3 Å². The molecule has 6 nitrogen and oxygen atoms in total. The second-order valence-electron chi connectivity index (χ2n) is 5.84. The number of carbonyl (C=O) groups excluding carboxylic acids is 1. The molecule has 2 N–H and O–H groups in total. The third-order valence-corrected chi connectivity index (χ3v) is 4.79. The summed E-state index contributed by atoms with van der Waals surface area (Å²) in [6.07, 6.45) is -0.0283. The molecule has 0 unspecified atom stereocenters. The van der Waals surface area contributed by atoms with Crippen LogP contribution in [0.4, 0.5) is 0 Å². The fourth-order valence-electron chi connectivity index (χ4n) is 2.53. The van der Waals surface area contributed by atoms with Gasteiger partial charge < -0.3 is 9.64 Å². The minimum absolute atomic E-state index is 0.0108. The Morgan fingerprint density at radius 3 is 2.42 bits per heavy atom. The number of aryl methyl sites for hydroxylation is 1. The van der Waals surface area contributed by atoms with Crippen LogP contribution < -0.4 is 9.88 Å². The van der Waals surface area contributed by atoms with Crippen molar-refractivity contribution in [2.75, 3.05) is 13.1 Å². The van der Waals surface area contributed by atoms with Crippen LogP contribution in [0, 0.1) is 6.92 Å². The third kappa shape index (κ3) is 3.58. The Morgan fingerprint density at radius 1 is 1.17 bits per heavy atom. The first-order valence-electron chi connectivity index (χ1n) is 7.48. The second-order valence-corrected chi connectivity index (χ2v) is 7.40. The molecular formula is C17H18N2O4S. The van der Waals surface area contributed by atoms with Crippen LogP contribution in [0.1, 0.15) is 15.9 Å². The Balaban J connectivity index is 1.58. The molecule has 1 fully saturated rings. The molecule has 24 heavy (non-hydrogen) atoms. The number of carbonyl (C=O) groups is 1. The number of primary sulfonamides is 1. The van der Waals surface area contributed by atoms with E-state index in [2.05, 4.69) is 0 Å². The first kappa shape index (κ1) is 16.5. The topological polar surface area (TPSA) is 89.7 Å². The number of rotatable bonds is 4. The van der Waals surface area contributed by atoms with Gasteiger partial charge in [-0.2, -0.15) is 0 Å². The molecule has 0 aliphatic carbocycles. The van der Waals surface area contributed by atoms with Gasteiger partial charge in [0.1, 0.15) is 11.9 Å². The summed E-state index contributed by atoms with van der Waals surface area (Å²) >= 11 is 0. The molecule has 0 spiro atoms. The van der Waals surface area contributed by atoms with E-state index in [-0.39, 0.29) is 16.9 Å². The minimum Gasteiger partial charge on any atom is -0.487 e. The van der Waals surface area contributed by atoms with Crippen molar-refractivity contribution in [1.82, 2.24) is 4.90 Å². The Hall–Kier alpha value is -2.38. The molecule has 1 aliphatic rings. The van der Waals surface area contributed by atoms with E-state index in [1.165, 1.54) is 24.3 Å². The summed E-state index contributed by atoms with van der Waals surface area (Å²) in [7, 11) is -3.75. The van der Waals surface area contributed by atoms with E-state index in [4.69, 9.17) is 9.88 Å². The number of ether oxygens (including phenoxy) is 1. The molecule has 0 bridgehead atoms. The highest BCUT2D eigenvalue weighted by Gasteiger charge is 2.32. The Bertz CT molecular complexity index is 856. The molecule has 1 aliphatic heterocycles. The monoisotopic (exact) mass is 346 g/mol. The lowest BCUT2D eigenvalue weighted by Crippen LogP contribution is -2.56. The normalized spacial score (nSPS) is 15.0. The standard InChI is InChI=1S/C17H18N2O4S/c1-12-3-2-4-14(9-12)23-15-10-19(11-15)17(20)13-5-7-16(8-6-13)24(18,21)22/h2-9,15H,10-11H2,1H3,(H2,18,21,22). The van der Waals surface area contributed by atoms with Gasteiger partial charge in [0.25, 0.3) is 5.91 Å². The van der Waals surface area contributed by atoms with Crippen LogP contribution >= 0.6 is 0 Å². The summed E-state index contributed by atoms with van der Waals surface area (Å²) in [6, 6.07) is 13.4. The van der Waals surface area contributed by atoms with Gasteiger partial charge in [0.05, 0.1) is 18.0 Å². The molecule has 126 valence electrons. The van der Waals surface area contributed by atoms with E-state index in [1.54, 1.807) is 4.90 Å². The van der Waals surface area contributed by atoms with Gasteiger partial charge in [-0.05, 0) is 48.9 Å². The molecule has 7 heteroatoms. The van der Waals surface area contributed by atoms with Gasteiger partial charge in [0.15, 0.2) is 0 Å². The highest BCUT2D eigenvalue weighted by molar-refractivity contribution is 7.89. The van der Waals surface area contributed by atoms with Crippen LogP contribution in [0.3, 0.4) is 0 Å². The predicted octanol–water partition coefficient (Wildman–Crippen LogP) is 1.55. The number of benzene rings is 2. The van der Waals surface area contributed by atoms with Crippen molar-refractivity contribution in [2.45, 2.75) is 17.9 Å². The summed E-state index contributed by atoms with van der Waals surface area (Å²) in [6.45, 7) is 3.00. The lowest BCUT2D eigenvalue weighted by Gasteiger charge is -2.39. The van der Waals surface area contributed by atoms with Crippen molar-refractivity contribution >= 4 is 15.9 Å². The Kier molecular flexibility index (Phi) is 4.29. The van der Waals surface area contributed by atoms with E-state index in [1.807, 2.05) is 31.2 Å². The number of nitrogens with two attached hydrogens (primary N) is 1. The SMILES string of the molecule is Cc1cccc(OC2CN(C(=O)c3ccc(S(N)(=O)=O)cc3)C2)c1. The molecule has 3 rings (SSSR count). The highest BCUT2D eigenvalue weighted by Crippen LogP contribution is 2.21. The summed E-state index contributed by atoms with van der Waals surface area (Å²) in [4.78, 5) is 14.0. The van der Waals surface area contributed by atoms with Crippen LogP contribution in [-0.2, 0) is 10.0 Å². The second kappa shape index (κ2) is 6.26. The van der Waals surface area contributed by atoms with E-state index in [9.17, 15) is 13.2 Å². The third-order valence-electron chi connectivity index (χ3n) is 3.86. The van der Waals surface area contributed by atoms with E-state index < -0.39 is 10.0 Å². The maximum atomic E-state index is 12.3. The van der Waals surface area contributed by atoms with Gasteiger partial charge in [-0.3, -0.25) is 4.79 Å². The zero-order valence-corrected chi connectivity index (χ0v) is 14.0. The fourth-order valence-corrected chi connectivity index (χ4v) is 3.04. The van der Waals surface area contributed by atoms with Crippen molar-refractivity contribution in [3.05, 3.63) is 59.7 Å². The number of amides is 1. The fraction of sp³-hybridized carbons (Fsp3) is 0.235. The average molecular weight is 346 g/mol. The number of hydrogen-bond donors (Lipinski definition) is 1. The predicted molar refractivity (Wildman–Crippen MR) is 89.3 cm³/mol. The van der Waals surface area contributed by atoms with E-state index in [0.29, 0.717) is 18.7 Å². The largest absolute Gasteiger partial charge is 0.487 e. The molecule has 0 radical (unpaired) electrons. The molecule has 0 aromatic heterocycles. The van der Waals surface area contributed by atoms with Crippen LogP contribution in [0.25, 0.3) is 0 Å². The van der Waals surface area contributed by atoms with Gasteiger partial charge in [0.2, 0.25) is 10.0 Å². The summed E-state index contributed by atoms with van der Waals surface area (Å²) in [5, 5.41) is 5.04. The van der Waals surface area contributed by atoms with Crippen LogP contribution in [0.15, 0.2) is 53.4 Å². The van der Waals surface area contributed by atoms with Crippen LogP contribution in [0.2, 0.25) is 0 Å². The zero-order chi connectivity index (χ0) is 17.3. The van der Waals surface area contributed by atoms with Crippen molar-refractivity contribution in [3.63, 3.8) is 0 Å². The van der Waals surface area contributed by atoms with Crippen molar-refractivity contribution in [3.8, 4) is 5.75 Å². The van der Waals surface area contributed by atoms with Gasteiger partial charge in [-0.25, -0.2) is 13.6 Å². The Labute approximate surface area is 140 Å². The lowest BCUT2D eigenvalue weighted by atomic mass is 10.1. The molecule has 1 saturated heterocycles. The van der Waals surface area contributed by atoms with E-state index >= 15 is 0 Å². The Morgan fingerprint density at radius 2 is 1.83 bits per heavy atom. The highest BCUT2D eigenvalue weighted by atomic mass is 32.2. The first-order valence-corrected chi connectivity index (χ1v) is 9.03. The van der Waals surface area contributed by atoms with Crippen LogP contribution in [0.5, 0.6) is 5.75 Å². The molecule has 0 atom stereocenters. The summed E-state index contributed by atoms with van der Waals surface area (Å²) in [5.74, 6) is 0.643. The maximum Gasteiger partial charge on any atom is 0.254 e. The number of sulfonamides is 1. The molecule has 1 amide bonds. The first-order chi connectivity index (χ1) is 11.3. The molecule has 2 aromatic rings. The van der Waals surface area contributed by atoms with Gasteiger partial charge in [-0.1, -0.05) is 12.1 Å². The zero-order valence-electron chi connectivity index (χ0n) is 13.2. The molecular weight excluding hydrogens is 328 g/mol. The summed E-state index contributed by atoms with van der Waals surface area (Å²) < 4.78 is 28.3. The van der Waals surface area contributed by atoms with Crippen molar-refractivity contribution in [1.29, 1.82) is 0 Å². The average Bonchev–Trinajstić information content (AvgIpc) is 2.49. The van der Waals surface area contributed by atoms with Crippen LogP contribution in [-0.4, -0.2) is 38.4 Å². The molecule has 1 heterocycles. The molecule has 0 saturated carbocycles. The van der Waals surface area contributed by atoms with Crippen molar-refractivity contribution < 1.29 is 17.9 Å². The quantitative estimate of drug-likeness (QED) is 0.909. The molecule has 2 aromatic carbocycles. The number of hydrogen-bond acceptors (Lipinski definition) is 4. The summed E-state index contributed by atoms with van der Waals surface area (Å²) in [5.41, 5.74) is 1.55. The van der Waals surface area contributed by atoms with Gasteiger partial charge in [0, 0.05) is 5.56 Å². The number of likely N-dealkylation sites (tertiary alicyclic amines) is 1. The minimum atomic E-state index is -3.75. The number of nitrogens with zero attached hydrogens (tertiary/aromatic N) is 1. The smallest absolute Gasteiger partial charge is 0.254 e. The maximum absolute atomic E-state index is 12.3. The lowest BCUT2D eigenvalue weighted by molar-refractivity contribution is 0.0177.